The summed E-state index contributed by atoms with van der Waals surface area (Å²) in [6.45, 7) is 0.328. The van der Waals surface area contributed by atoms with Crippen molar-refractivity contribution in [1.29, 1.82) is 0 Å². The quantitative estimate of drug-likeness (QED) is 0.315. The number of rotatable bonds is 6. The van der Waals surface area contributed by atoms with Crippen LogP contribution >= 0.6 is 35.0 Å². The fraction of sp³-hybridized carbons (Fsp3) is 0.286. The number of alkyl halides is 2. The zero-order valence-corrected chi connectivity index (χ0v) is 18.4. The van der Waals surface area contributed by atoms with E-state index in [2.05, 4.69) is 10.2 Å². The van der Waals surface area contributed by atoms with Gasteiger partial charge in [0.15, 0.2) is 5.16 Å². The number of aromatic nitrogens is 4. The smallest absolute Gasteiger partial charge is 0.263 e. The van der Waals surface area contributed by atoms with Crippen LogP contribution in [0, 0.1) is 5.92 Å². The molecule has 9 heteroatoms. The SMILES string of the molecule is COc1ccccc1Cn1c(=O)c2ccccc2n2c(SCC3CC3(Cl)Cl)nnc12. The number of para-hydroxylation sites is 2. The van der Waals surface area contributed by atoms with Crippen LogP contribution in [0.5, 0.6) is 5.75 Å². The minimum absolute atomic E-state index is 0.115. The monoisotopic (exact) mass is 460 g/mol. The third-order valence-corrected chi connectivity index (χ3v) is 7.39. The van der Waals surface area contributed by atoms with E-state index in [0.717, 1.165) is 29.0 Å². The van der Waals surface area contributed by atoms with E-state index < -0.39 is 4.33 Å². The third-order valence-electron chi connectivity index (χ3n) is 5.37. The Kier molecular flexibility index (Phi) is 4.92. The second-order valence-electron chi connectivity index (χ2n) is 7.31. The maximum absolute atomic E-state index is 13.3. The molecule has 154 valence electrons. The molecule has 0 saturated heterocycles. The van der Waals surface area contributed by atoms with Gasteiger partial charge in [-0.2, -0.15) is 0 Å². The Hall–Kier alpha value is -2.22. The average molecular weight is 461 g/mol. The van der Waals surface area contributed by atoms with Crippen LogP contribution in [0.4, 0.5) is 0 Å². The Morgan fingerprint density at radius 2 is 1.90 bits per heavy atom. The van der Waals surface area contributed by atoms with E-state index in [-0.39, 0.29) is 11.5 Å². The highest BCUT2D eigenvalue weighted by atomic mass is 35.5. The van der Waals surface area contributed by atoms with Crippen LogP contribution in [0.15, 0.2) is 58.5 Å². The Labute approximate surface area is 186 Å². The number of methoxy groups -OCH3 is 1. The van der Waals surface area contributed by atoms with Crippen molar-refractivity contribution in [2.45, 2.75) is 22.5 Å². The summed E-state index contributed by atoms with van der Waals surface area (Å²) in [6, 6.07) is 15.2. The molecule has 1 atom stereocenters. The molecular weight excluding hydrogens is 443 g/mol. The standard InChI is InChI=1S/C21H18Cl2N4O2S/c1-29-17-9-5-2-6-13(17)11-26-18(28)15-7-3-4-8-16(15)27-19(26)24-25-20(27)30-12-14-10-21(14,22)23/h2-9,14H,10-12H2,1H3. The minimum atomic E-state index is -0.637. The van der Waals surface area contributed by atoms with Crippen molar-refractivity contribution < 1.29 is 4.74 Å². The lowest BCUT2D eigenvalue weighted by Crippen LogP contribution is -2.24. The van der Waals surface area contributed by atoms with Gasteiger partial charge in [-0.05, 0) is 24.6 Å². The Balaban J connectivity index is 1.65. The highest BCUT2D eigenvalue weighted by Crippen LogP contribution is 2.54. The first-order valence-electron chi connectivity index (χ1n) is 9.49. The van der Waals surface area contributed by atoms with Gasteiger partial charge in [0.2, 0.25) is 5.78 Å². The van der Waals surface area contributed by atoms with Gasteiger partial charge in [-0.1, -0.05) is 42.1 Å². The number of fused-ring (bicyclic) bond motifs is 3. The van der Waals surface area contributed by atoms with Gasteiger partial charge < -0.3 is 4.74 Å². The summed E-state index contributed by atoms with van der Waals surface area (Å²) in [5.74, 6) is 2.18. The van der Waals surface area contributed by atoms with Crippen molar-refractivity contribution in [3.63, 3.8) is 0 Å². The second-order valence-corrected chi connectivity index (χ2v) is 9.84. The first-order valence-corrected chi connectivity index (χ1v) is 11.2. The number of thioether (sulfide) groups is 1. The molecule has 1 aliphatic carbocycles. The summed E-state index contributed by atoms with van der Waals surface area (Å²) in [4.78, 5) is 13.3. The maximum Gasteiger partial charge on any atom is 0.263 e. The van der Waals surface area contributed by atoms with E-state index in [1.54, 1.807) is 23.4 Å². The molecule has 2 aromatic carbocycles. The summed E-state index contributed by atoms with van der Waals surface area (Å²) in [7, 11) is 1.62. The number of benzene rings is 2. The molecule has 2 aromatic heterocycles. The molecule has 1 aliphatic rings. The lowest BCUT2D eigenvalue weighted by atomic mass is 10.2. The molecule has 0 amide bonds. The van der Waals surface area contributed by atoms with Gasteiger partial charge >= 0.3 is 0 Å². The summed E-state index contributed by atoms with van der Waals surface area (Å²) in [6.07, 6.45) is 0.777. The first kappa shape index (κ1) is 19.7. The van der Waals surface area contributed by atoms with Crippen LogP contribution in [0.3, 0.4) is 0 Å². The van der Waals surface area contributed by atoms with Crippen LogP contribution < -0.4 is 10.3 Å². The van der Waals surface area contributed by atoms with Gasteiger partial charge in [0, 0.05) is 17.2 Å². The topological polar surface area (TPSA) is 61.4 Å². The summed E-state index contributed by atoms with van der Waals surface area (Å²) >= 11 is 13.9. The van der Waals surface area contributed by atoms with E-state index in [0.29, 0.717) is 22.9 Å². The lowest BCUT2D eigenvalue weighted by Gasteiger charge is -2.13. The predicted octanol–water partition coefficient (Wildman–Crippen LogP) is 4.39. The van der Waals surface area contributed by atoms with E-state index in [4.69, 9.17) is 27.9 Å². The predicted molar refractivity (Wildman–Crippen MR) is 120 cm³/mol. The Morgan fingerprint density at radius 3 is 2.67 bits per heavy atom. The van der Waals surface area contributed by atoms with Crippen molar-refractivity contribution in [3.8, 4) is 5.75 Å². The summed E-state index contributed by atoms with van der Waals surface area (Å²) in [5.41, 5.74) is 1.55. The zero-order valence-electron chi connectivity index (χ0n) is 16.1. The number of hydrogen-bond donors (Lipinski definition) is 0. The van der Waals surface area contributed by atoms with Gasteiger partial charge in [0.05, 0.1) is 24.6 Å². The molecule has 2 heterocycles. The number of halogens is 2. The van der Waals surface area contributed by atoms with Crippen LogP contribution in [0.2, 0.25) is 0 Å². The normalized spacial score (nSPS) is 17.5. The molecular formula is C21H18Cl2N4O2S. The molecule has 0 aliphatic heterocycles. The zero-order chi connectivity index (χ0) is 20.9. The average Bonchev–Trinajstić information content (AvgIpc) is 3.17. The minimum Gasteiger partial charge on any atom is -0.496 e. The van der Waals surface area contributed by atoms with Crippen LogP contribution in [0.1, 0.15) is 12.0 Å². The molecule has 4 aromatic rings. The van der Waals surface area contributed by atoms with E-state index in [9.17, 15) is 4.79 Å². The highest BCUT2D eigenvalue weighted by Gasteiger charge is 2.51. The van der Waals surface area contributed by atoms with E-state index >= 15 is 0 Å². The first-order chi connectivity index (χ1) is 14.5. The summed E-state index contributed by atoms with van der Waals surface area (Å²) < 4.78 is 8.40. The van der Waals surface area contributed by atoms with E-state index in [1.165, 1.54) is 0 Å². The number of ether oxygens (including phenoxy) is 1. The largest absolute Gasteiger partial charge is 0.496 e. The summed E-state index contributed by atoms with van der Waals surface area (Å²) in [5, 5.41) is 10.1. The molecule has 0 bridgehead atoms. The number of nitrogens with zero attached hydrogens (tertiary/aromatic N) is 4. The van der Waals surface area contributed by atoms with Gasteiger partial charge in [-0.25, -0.2) is 0 Å². The van der Waals surface area contributed by atoms with Crippen molar-refractivity contribution in [3.05, 3.63) is 64.4 Å². The van der Waals surface area contributed by atoms with Crippen LogP contribution in [-0.2, 0) is 6.54 Å². The highest BCUT2D eigenvalue weighted by molar-refractivity contribution is 7.99. The molecule has 0 spiro atoms. The van der Waals surface area contributed by atoms with Gasteiger partial charge in [-0.3, -0.25) is 13.8 Å². The van der Waals surface area contributed by atoms with Gasteiger partial charge in [0.1, 0.15) is 10.1 Å². The van der Waals surface area contributed by atoms with Gasteiger partial charge in [-0.15, -0.1) is 33.4 Å². The van der Waals surface area contributed by atoms with Crippen LogP contribution in [0.25, 0.3) is 16.7 Å². The molecule has 6 nitrogen and oxygen atoms in total. The molecule has 1 saturated carbocycles. The van der Waals surface area contributed by atoms with Crippen LogP contribution in [-0.4, -0.2) is 36.4 Å². The van der Waals surface area contributed by atoms with Crippen molar-refractivity contribution in [2.24, 2.45) is 5.92 Å². The fourth-order valence-electron chi connectivity index (χ4n) is 3.60. The fourth-order valence-corrected chi connectivity index (χ4v) is 5.47. The molecule has 1 unspecified atom stereocenters. The third kappa shape index (κ3) is 3.35. The van der Waals surface area contributed by atoms with Gasteiger partial charge in [0.25, 0.3) is 5.56 Å². The molecule has 5 rings (SSSR count). The van der Waals surface area contributed by atoms with Crippen molar-refractivity contribution in [2.75, 3.05) is 12.9 Å². The maximum atomic E-state index is 13.3. The number of hydrogen-bond acceptors (Lipinski definition) is 5. The van der Waals surface area contributed by atoms with E-state index in [1.807, 2.05) is 52.9 Å². The molecule has 1 fully saturated rings. The molecule has 0 N–H and O–H groups in total. The second kappa shape index (κ2) is 7.48. The Morgan fingerprint density at radius 1 is 1.17 bits per heavy atom. The van der Waals surface area contributed by atoms with Crippen molar-refractivity contribution >= 4 is 51.6 Å². The van der Waals surface area contributed by atoms with Crippen molar-refractivity contribution in [1.82, 2.24) is 19.2 Å². The lowest BCUT2D eigenvalue weighted by molar-refractivity contribution is 0.408. The Bertz CT molecular complexity index is 1320. The molecule has 30 heavy (non-hydrogen) atoms. The molecule has 0 radical (unpaired) electrons.